The van der Waals surface area contributed by atoms with Crippen molar-refractivity contribution >= 4 is 17.2 Å². The molecule has 3 heteroatoms. The molecule has 98 valence electrons. The van der Waals surface area contributed by atoms with Crippen molar-refractivity contribution in [2.75, 3.05) is 11.9 Å². The summed E-state index contributed by atoms with van der Waals surface area (Å²) in [6, 6.07) is 13.2. The number of benzene rings is 2. The minimum absolute atomic E-state index is 0.0176. The quantitative estimate of drug-likeness (QED) is 0.851. The van der Waals surface area contributed by atoms with Crippen LogP contribution >= 0.6 is 0 Å². The summed E-state index contributed by atoms with van der Waals surface area (Å²) in [7, 11) is 1.92. The molecular formula is C16H17NO2. The first-order chi connectivity index (χ1) is 8.99. The normalized spacial score (nSPS) is 10.3. The number of ketones is 1. The van der Waals surface area contributed by atoms with Crippen LogP contribution in [0.2, 0.25) is 0 Å². The molecule has 0 aliphatic heterocycles. The van der Waals surface area contributed by atoms with Crippen LogP contribution in [0.3, 0.4) is 0 Å². The molecule has 2 aromatic rings. The predicted molar refractivity (Wildman–Crippen MR) is 77.4 cm³/mol. The van der Waals surface area contributed by atoms with E-state index in [1.165, 1.54) is 12.5 Å². The van der Waals surface area contributed by atoms with E-state index in [1.807, 2.05) is 49.2 Å². The molecule has 0 heterocycles. The molecule has 0 bridgehead atoms. The van der Waals surface area contributed by atoms with Gasteiger partial charge in [-0.15, -0.1) is 0 Å². The predicted octanol–water partition coefficient (Wildman–Crippen LogP) is 3.67. The van der Waals surface area contributed by atoms with Gasteiger partial charge in [0.15, 0.2) is 5.78 Å². The van der Waals surface area contributed by atoms with Gasteiger partial charge in [-0.3, -0.25) is 4.79 Å². The Bertz CT molecular complexity index is 603. The molecule has 0 radical (unpaired) electrons. The number of nitrogens with zero attached hydrogens (tertiary/aromatic N) is 1. The van der Waals surface area contributed by atoms with Crippen LogP contribution in [-0.4, -0.2) is 17.9 Å². The smallest absolute Gasteiger partial charge is 0.163 e. The van der Waals surface area contributed by atoms with Gasteiger partial charge in [-0.2, -0.15) is 0 Å². The van der Waals surface area contributed by atoms with Crippen molar-refractivity contribution in [1.29, 1.82) is 0 Å². The van der Waals surface area contributed by atoms with E-state index in [0.717, 1.165) is 11.4 Å². The van der Waals surface area contributed by atoms with Gasteiger partial charge >= 0.3 is 0 Å². The number of carbonyl (C=O) groups is 1. The topological polar surface area (TPSA) is 40.5 Å². The number of carbonyl (C=O) groups excluding carboxylic acids is 1. The van der Waals surface area contributed by atoms with Crippen molar-refractivity contribution in [3.05, 3.63) is 53.6 Å². The number of aromatic hydroxyl groups is 1. The summed E-state index contributed by atoms with van der Waals surface area (Å²) in [4.78, 5) is 13.2. The maximum absolute atomic E-state index is 11.3. The van der Waals surface area contributed by atoms with Crippen LogP contribution < -0.4 is 4.90 Å². The Labute approximate surface area is 113 Å². The third kappa shape index (κ3) is 2.76. The maximum Gasteiger partial charge on any atom is 0.163 e. The molecule has 0 saturated carbocycles. The summed E-state index contributed by atoms with van der Waals surface area (Å²) in [5.41, 5.74) is 3.42. The van der Waals surface area contributed by atoms with E-state index in [9.17, 15) is 9.90 Å². The number of aryl methyl sites for hydroxylation is 1. The largest absolute Gasteiger partial charge is 0.507 e. The van der Waals surface area contributed by atoms with E-state index in [-0.39, 0.29) is 11.5 Å². The maximum atomic E-state index is 11.3. The van der Waals surface area contributed by atoms with Gasteiger partial charge < -0.3 is 10.0 Å². The Balaban J connectivity index is 2.34. The second kappa shape index (κ2) is 5.14. The minimum atomic E-state index is -0.137. The molecule has 0 unspecified atom stereocenters. The van der Waals surface area contributed by atoms with E-state index in [0.29, 0.717) is 5.56 Å². The van der Waals surface area contributed by atoms with Crippen molar-refractivity contribution in [2.45, 2.75) is 13.8 Å². The Kier molecular flexibility index (Phi) is 3.56. The molecule has 2 rings (SSSR count). The van der Waals surface area contributed by atoms with Crippen LogP contribution in [0.4, 0.5) is 11.4 Å². The standard InChI is InChI=1S/C16H17NO2/c1-11-4-6-13(7-5-11)17(3)14-8-9-15(12(2)18)16(19)10-14/h4-10,19H,1-3H3. The molecule has 0 saturated heterocycles. The lowest BCUT2D eigenvalue weighted by Crippen LogP contribution is -2.09. The number of rotatable bonds is 3. The van der Waals surface area contributed by atoms with E-state index in [1.54, 1.807) is 12.1 Å². The van der Waals surface area contributed by atoms with Crippen molar-refractivity contribution in [1.82, 2.24) is 0 Å². The molecule has 0 amide bonds. The van der Waals surface area contributed by atoms with Gasteiger partial charge in [-0.05, 0) is 38.1 Å². The van der Waals surface area contributed by atoms with Crippen molar-refractivity contribution in [2.24, 2.45) is 0 Å². The van der Waals surface area contributed by atoms with Crippen LogP contribution in [0.1, 0.15) is 22.8 Å². The van der Waals surface area contributed by atoms with Gasteiger partial charge in [0.2, 0.25) is 0 Å². The molecule has 0 atom stereocenters. The van der Waals surface area contributed by atoms with E-state index in [4.69, 9.17) is 0 Å². The van der Waals surface area contributed by atoms with E-state index < -0.39 is 0 Å². The number of anilines is 2. The summed E-state index contributed by atoms with van der Waals surface area (Å²) in [6.07, 6.45) is 0. The number of hydrogen-bond acceptors (Lipinski definition) is 3. The zero-order chi connectivity index (χ0) is 14.0. The molecule has 0 aromatic heterocycles. The van der Waals surface area contributed by atoms with Crippen LogP contribution in [0.25, 0.3) is 0 Å². The fraction of sp³-hybridized carbons (Fsp3) is 0.188. The Morgan fingerprint density at radius 3 is 2.16 bits per heavy atom. The van der Waals surface area contributed by atoms with E-state index >= 15 is 0 Å². The highest BCUT2D eigenvalue weighted by Crippen LogP contribution is 2.29. The summed E-state index contributed by atoms with van der Waals surface area (Å²) in [6.45, 7) is 3.48. The first-order valence-electron chi connectivity index (χ1n) is 6.13. The Morgan fingerprint density at radius 2 is 1.63 bits per heavy atom. The zero-order valence-corrected chi connectivity index (χ0v) is 11.3. The number of phenols is 1. The number of phenolic OH excluding ortho intramolecular Hbond substituents is 1. The van der Waals surface area contributed by atoms with Gasteiger partial charge in [0.05, 0.1) is 5.56 Å². The third-order valence-electron chi connectivity index (χ3n) is 3.17. The molecule has 3 nitrogen and oxygen atoms in total. The monoisotopic (exact) mass is 255 g/mol. The summed E-state index contributed by atoms with van der Waals surface area (Å²) < 4.78 is 0. The highest BCUT2D eigenvalue weighted by Gasteiger charge is 2.10. The van der Waals surface area contributed by atoms with Crippen LogP contribution in [-0.2, 0) is 0 Å². The molecule has 0 aliphatic rings. The molecule has 0 spiro atoms. The van der Waals surface area contributed by atoms with Gasteiger partial charge in [0.1, 0.15) is 5.75 Å². The van der Waals surface area contributed by atoms with Crippen LogP contribution in [0, 0.1) is 6.92 Å². The third-order valence-corrected chi connectivity index (χ3v) is 3.17. The van der Waals surface area contributed by atoms with E-state index in [2.05, 4.69) is 0 Å². The highest BCUT2D eigenvalue weighted by molar-refractivity contribution is 5.97. The molecule has 2 aromatic carbocycles. The lowest BCUT2D eigenvalue weighted by atomic mass is 10.1. The second-order valence-corrected chi connectivity index (χ2v) is 4.65. The average molecular weight is 255 g/mol. The highest BCUT2D eigenvalue weighted by atomic mass is 16.3. The Morgan fingerprint density at radius 1 is 1.05 bits per heavy atom. The molecule has 0 fully saturated rings. The zero-order valence-electron chi connectivity index (χ0n) is 11.3. The fourth-order valence-corrected chi connectivity index (χ4v) is 1.94. The second-order valence-electron chi connectivity index (χ2n) is 4.65. The molecule has 19 heavy (non-hydrogen) atoms. The van der Waals surface area contributed by atoms with Gasteiger partial charge in [-0.1, -0.05) is 17.7 Å². The lowest BCUT2D eigenvalue weighted by molar-refractivity contribution is 0.101. The van der Waals surface area contributed by atoms with Gasteiger partial charge in [-0.25, -0.2) is 0 Å². The van der Waals surface area contributed by atoms with Gasteiger partial charge in [0.25, 0.3) is 0 Å². The fourth-order valence-electron chi connectivity index (χ4n) is 1.94. The van der Waals surface area contributed by atoms with Crippen LogP contribution in [0.5, 0.6) is 5.75 Å². The van der Waals surface area contributed by atoms with Gasteiger partial charge in [0, 0.05) is 24.5 Å². The number of Topliss-reactive ketones (excluding diaryl/α,β-unsaturated/α-hetero) is 1. The van der Waals surface area contributed by atoms with Crippen LogP contribution in [0.15, 0.2) is 42.5 Å². The first-order valence-corrected chi connectivity index (χ1v) is 6.13. The minimum Gasteiger partial charge on any atom is -0.507 e. The first kappa shape index (κ1) is 13.1. The lowest BCUT2D eigenvalue weighted by Gasteiger charge is -2.20. The molecule has 0 aliphatic carbocycles. The SMILES string of the molecule is CC(=O)c1ccc(N(C)c2ccc(C)cc2)cc1O. The summed E-state index contributed by atoms with van der Waals surface area (Å²) >= 11 is 0. The van der Waals surface area contributed by atoms with Crippen molar-refractivity contribution in [3.63, 3.8) is 0 Å². The molecule has 1 N–H and O–H groups in total. The summed E-state index contributed by atoms with van der Waals surface area (Å²) in [5.74, 6) is -0.119. The molecular weight excluding hydrogens is 238 g/mol. The van der Waals surface area contributed by atoms with Crippen molar-refractivity contribution in [3.8, 4) is 5.75 Å². The average Bonchev–Trinajstić information content (AvgIpc) is 2.38. The number of hydrogen-bond donors (Lipinski definition) is 1. The summed E-state index contributed by atoms with van der Waals surface area (Å²) in [5, 5.41) is 9.85. The van der Waals surface area contributed by atoms with Crippen molar-refractivity contribution < 1.29 is 9.90 Å². The Hall–Kier alpha value is -2.29.